The number of ketones is 1. The molecule has 1 unspecified atom stereocenters. The quantitative estimate of drug-likeness (QED) is 0.826. The van der Waals surface area contributed by atoms with Crippen LogP contribution in [0.5, 0.6) is 0 Å². The summed E-state index contributed by atoms with van der Waals surface area (Å²) in [6, 6.07) is -0.536. The van der Waals surface area contributed by atoms with Crippen molar-refractivity contribution in [2.75, 3.05) is 0 Å². The molecule has 0 fully saturated rings. The fourth-order valence-corrected chi connectivity index (χ4v) is 1.55. The first-order chi connectivity index (χ1) is 7.08. The Morgan fingerprint density at radius 2 is 2.33 bits per heavy atom. The van der Waals surface area contributed by atoms with E-state index in [4.69, 9.17) is 5.73 Å². The Balaban J connectivity index is 2.52. The van der Waals surface area contributed by atoms with Crippen LogP contribution in [0.2, 0.25) is 0 Å². The number of aromatic nitrogens is 3. The van der Waals surface area contributed by atoms with E-state index in [9.17, 15) is 4.79 Å². The van der Waals surface area contributed by atoms with Gasteiger partial charge in [-0.1, -0.05) is 0 Å². The van der Waals surface area contributed by atoms with E-state index < -0.39 is 6.04 Å². The SMILES string of the molecule is CC(N)C(=O)c1cn2cc(Br)ncc2n1. The average molecular weight is 269 g/mol. The van der Waals surface area contributed by atoms with Crippen LogP contribution in [-0.4, -0.2) is 26.2 Å². The minimum atomic E-state index is -0.536. The topological polar surface area (TPSA) is 73.3 Å². The van der Waals surface area contributed by atoms with Gasteiger partial charge < -0.3 is 10.1 Å². The first-order valence-electron chi connectivity index (χ1n) is 4.38. The molecule has 2 heterocycles. The molecule has 6 heteroatoms. The maximum Gasteiger partial charge on any atom is 0.199 e. The third-order valence-corrected chi connectivity index (χ3v) is 2.39. The van der Waals surface area contributed by atoms with Crippen molar-refractivity contribution >= 4 is 27.4 Å². The molecule has 0 aromatic carbocycles. The van der Waals surface area contributed by atoms with Gasteiger partial charge in [0.25, 0.3) is 0 Å². The van der Waals surface area contributed by atoms with Crippen LogP contribution in [0.4, 0.5) is 0 Å². The molecular weight excluding hydrogens is 260 g/mol. The highest BCUT2D eigenvalue weighted by Crippen LogP contribution is 2.10. The number of carbonyl (C=O) groups is 1. The standard InChI is InChI=1S/C9H9BrN4O/c1-5(11)9(15)6-3-14-4-7(10)12-2-8(14)13-6/h2-5H,11H2,1H3. The molecule has 0 spiro atoms. The molecule has 78 valence electrons. The monoisotopic (exact) mass is 268 g/mol. The first kappa shape index (κ1) is 10.3. The van der Waals surface area contributed by atoms with E-state index in [0.29, 0.717) is 15.9 Å². The summed E-state index contributed by atoms with van der Waals surface area (Å²) >= 11 is 3.24. The van der Waals surface area contributed by atoms with Gasteiger partial charge in [0.15, 0.2) is 11.4 Å². The van der Waals surface area contributed by atoms with Crippen molar-refractivity contribution in [1.29, 1.82) is 0 Å². The molecule has 5 nitrogen and oxygen atoms in total. The van der Waals surface area contributed by atoms with Crippen LogP contribution in [-0.2, 0) is 0 Å². The predicted molar refractivity (Wildman–Crippen MR) is 58.7 cm³/mol. The molecule has 1 atom stereocenters. The van der Waals surface area contributed by atoms with E-state index in [1.54, 1.807) is 29.9 Å². The Morgan fingerprint density at radius 1 is 1.60 bits per heavy atom. The first-order valence-corrected chi connectivity index (χ1v) is 5.17. The molecule has 0 amide bonds. The molecular formula is C9H9BrN4O. The summed E-state index contributed by atoms with van der Waals surface area (Å²) in [5, 5.41) is 0. The molecule has 0 aliphatic heterocycles. The van der Waals surface area contributed by atoms with Gasteiger partial charge >= 0.3 is 0 Å². The van der Waals surface area contributed by atoms with Gasteiger partial charge in [0.2, 0.25) is 0 Å². The Hall–Kier alpha value is -1.27. The zero-order chi connectivity index (χ0) is 11.0. The normalized spacial score (nSPS) is 13.0. The molecule has 2 N–H and O–H groups in total. The van der Waals surface area contributed by atoms with Crippen LogP contribution in [0.25, 0.3) is 5.65 Å². The minimum absolute atomic E-state index is 0.171. The second-order valence-corrected chi connectivity index (χ2v) is 4.07. The summed E-state index contributed by atoms with van der Waals surface area (Å²) < 4.78 is 2.42. The Labute approximate surface area is 94.5 Å². The molecule has 2 rings (SSSR count). The van der Waals surface area contributed by atoms with E-state index in [1.807, 2.05) is 0 Å². The summed E-state index contributed by atoms with van der Waals surface area (Å²) in [6.07, 6.45) is 4.97. The number of carbonyl (C=O) groups excluding carboxylic acids is 1. The number of Topliss-reactive ketones (excluding diaryl/α,β-unsaturated/α-hetero) is 1. The number of nitrogens with zero attached hydrogens (tertiary/aromatic N) is 3. The average Bonchev–Trinajstić information content (AvgIpc) is 2.58. The number of imidazole rings is 1. The summed E-state index contributed by atoms with van der Waals surface area (Å²) in [5.41, 5.74) is 6.49. The van der Waals surface area contributed by atoms with Crippen molar-refractivity contribution in [3.05, 3.63) is 28.9 Å². The van der Waals surface area contributed by atoms with Crippen LogP contribution in [0, 0.1) is 0 Å². The van der Waals surface area contributed by atoms with Gasteiger partial charge in [-0.25, -0.2) is 9.97 Å². The summed E-state index contributed by atoms with van der Waals surface area (Å²) in [5.74, 6) is -0.171. The summed E-state index contributed by atoms with van der Waals surface area (Å²) in [7, 11) is 0. The van der Waals surface area contributed by atoms with Gasteiger partial charge in [-0.05, 0) is 22.9 Å². The molecule has 15 heavy (non-hydrogen) atoms. The Kier molecular flexibility index (Phi) is 2.54. The molecule has 2 aromatic heterocycles. The van der Waals surface area contributed by atoms with Crippen molar-refractivity contribution in [2.45, 2.75) is 13.0 Å². The van der Waals surface area contributed by atoms with Crippen molar-refractivity contribution in [1.82, 2.24) is 14.4 Å². The lowest BCUT2D eigenvalue weighted by atomic mass is 10.2. The molecule has 0 saturated carbocycles. The molecule has 0 bridgehead atoms. The molecule has 0 aliphatic rings. The van der Waals surface area contributed by atoms with Gasteiger partial charge in [-0.2, -0.15) is 0 Å². The van der Waals surface area contributed by atoms with Crippen molar-refractivity contribution in [3.8, 4) is 0 Å². The van der Waals surface area contributed by atoms with Crippen LogP contribution in [0.1, 0.15) is 17.4 Å². The minimum Gasteiger partial charge on any atom is -0.321 e. The summed E-state index contributed by atoms with van der Waals surface area (Å²) in [4.78, 5) is 19.7. The lowest BCUT2D eigenvalue weighted by molar-refractivity contribution is 0.0963. The van der Waals surface area contributed by atoms with E-state index in [2.05, 4.69) is 25.9 Å². The van der Waals surface area contributed by atoms with Gasteiger partial charge in [-0.15, -0.1) is 0 Å². The highest BCUT2D eigenvalue weighted by Gasteiger charge is 2.14. The zero-order valence-corrected chi connectivity index (χ0v) is 9.60. The third-order valence-electron chi connectivity index (χ3n) is 1.98. The Bertz CT molecular complexity index is 520. The number of halogens is 1. The lowest BCUT2D eigenvalue weighted by Gasteiger charge is -1.97. The number of fused-ring (bicyclic) bond motifs is 1. The fraction of sp³-hybridized carbons (Fsp3) is 0.222. The van der Waals surface area contributed by atoms with Crippen LogP contribution < -0.4 is 5.73 Å². The van der Waals surface area contributed by atoms with Crippen molar-refractivity contribution < 1.29 is 4.79 Å². The molecule has 2 aromatic rings. The van der Waals surface area contributed by atoms with Crippen molar-refractivity contribution in [2.24, 2.45) is 5.73 Å². The number of hydrogen-bond donors (Lipinski definition) is 1. The van der Waals surface area contributed by atoms with Crippen LogP contribution >= 0.6 is 15.9 Å². The van der Waals surface area contributed by atoms with Crippen molar-refractivity contribution in [3.63, 3.8) is 0 Å². The van der Waals surface area contributed by atoms with E-state index in [1.165, 1.54) is 0 Å². The second kappa shape index (κ2) is 3.71. The highest BCUT2D eigenvalue weighted by atomic mass is 79.9. The van der Waals surface area contributed by atoms with E-state index in [0.717, 1.165) is 0 Å². The Morgan fingerprint density at radius 3 is 3.00 bits per heavy atom. The number of rotatable bonds is 2. The maximum absolute atomic E-state index is 11.6. The van der Waals surface area contributed by atoms with Crippen LogP contribution in [0.3, 0.4) is 0 Å². The lowest BCUT2D eigenvalue weighted by Crippen LogP contribution is -2.26. The van der Waals surface area contributed by atoms with E-state index >= 15 is 0 Å². The molecule has 0 aliphatic carbocycles. The fourth-order valence-electron chi connectivity index (χ4n) is 1.23. The van der Waals surface area contributed by atoms with Gasteiger partial charge in [0.1, 0.15) is 10.3 Å². The zero-order valence-electron chi connectivity index (χ0n) is 8.01. The smallest absolute Gasteiger partial charge is 0.199 e. The van der Waals surface area contributed by atoms with Gasteiger partial charge in [0, 0.05) is 12.4 Å². The largest absolute Gasteiger partial charge is 0.321 e. The number of nitrogens with two attached hydrogens (primary N) is 1. The van der Waals surface area contributed by atoms with E-state index in [-0.39, 0.29) is 5.78 Å². The number of hydrogen-bond acceptors (Lipinski definition) is 4. The second-order valence-electron chi connectivity index (χ2n) is 3.25. The molecule has 0 saturated heterocycles. The predicted octanol–water partition coefficient (Wildman–Crippen LogP) is 1.02. The highest BCUT2D eigenvalue weighted by molar-refractivity contribution is 9.10. The van der Waals surface area contributed by atoms with Gasteiger partial charge in [0.05, 0.1) is 12.2 Å². The third kappa shape index (κ3) is 1.91. The van der Waals surface area contributed by atoms with Gasteiger partial charge in [-0.3, -0.25) is 4.79 Å². The summed E-state index contributed by atoms with van der Waals surface area (Å²) in [6.45, 7) is 1.64. The maximum atomic E-state index is 11.6. The molecule has 0 radical (unpaired) electrons. The van der Waals surface area contributed by atoms with Crippen LogP contribution in [0.15, 0.2) is 23.2 Å².